The van der Waals surface area contributed by atoms with Crippen molar-refractivity contribution in [1.82, 2.24) is 15.6 Å². The van der Waals surface area contributed by atoms with Gasteiger partial charge in [0.05, 0.1) is 28.7 Å². The van der Waals surface area contributed by atoms with Gasteiger partial charge in [-0.1, -0.05) is 0 Å². The molecule has 3 rings (SSSR count). The zero-order valence-corrected chi connectivity index (χ0v) is 16.2. The van der Waals surface area contributed by atoms with Crippen molar-refractivity contribution >= 4 is 41.4 Å². The number of thioether (sulfide) groups is 2. The summed E-state index contributed by atoms with van der Waals surface area (Å²) in [5, 5.41) is 4.76. The van der Waals surface area contributed by atoms with E-state index in [1.165, 1.54) is 11.8 Å². The third-order valence-electron chi connectivity index (χ3n) is 4.06. The van der Waals surface area contributed by atoms with Gasteiger partial charge in [0.2, 0.25) is 5.91 Å². The zero-order valence-electron chi connectivity index (χ0n) is 14.6. The van der Waals surface area contributed by atoms with Crippen molar-refractivity contribution in [3.63, 3.8) is 0 Å². The minimum atomic E-state index is -0.758. The molecular formula is C17H21N3O4S2. The van der Waals surface area contributed by atoms with Crippen LogP contribution in [0, 0.1) is 5.92 Å². The Bertz CT molecular complexity index is 726. The molecule has 2 aliphatic heterocycles. The first kappa shape index (κ1) is 19.0. The van der Waals surface area contributed by atoms with Gasteiger partial charge in [0.25, 0.3) is 5.91 Å². The molecule has 1 aromatic heterocycles. The highest BCUT2D eigenvalue weighted by molar-refractivity contribution is 8.00. The Morgan fingerprint density at radius 1 is 1.31 bits per heavy atom. The molecule has 140 valence electrons. The van der Waals surface area contributed by atoms with E-state index in [1.54, 1.807) is 31.8 Å². The average Bonchev–Trinajstić information content (AvgIpc) is 3.21. The largest absolute Gasteiger partial charge is 0.447 e. The molecule has 26 heavy (non-hydrogen) atoms. The second kappa shape index (κ2) is 8.30. The van der Waals surface area contributed by atoms with Gasteiger partial charge in [0, 0.05) is 23.3 Å². The molecule has 7 nitrogen and oxygen atoms in total. The summed E-state index contributed by atoms with van der Waals surface area (Å²) in [4.78, 5) is 41.9. The number of aryl methyl sites for hydroxylation is 1. The molecule has 0 aromatic carbocycles. The molecule has 0 saturated carbocycles. The van der Waals surface area contributed by atoms with Crippen molar-refractivity contribution in [3.8, 4) is 0 Å². The van der Waals surface area contributed by atoms with E-state index in [-0.39, 0.29) is 17.4 Å². The standard InChI is InChI=1S/C17H21N3O4S2/c1-9(2)24-17(23)20-15(22)11-3-5-26-16(11)19-14(21)10-7-13-12(18-8-10)4-6-25-13/h7-9,11,16H,3-6H2,1-2H3,(H,19,21)(H,20,22,23). The van der Waals surface area contributed by atoms with Crippen LogP contribution in [0.2, 0.25) is 0 Å². The quantitative estimate of drug-likeness (QED) is 0.806. The maximum atomic E-state index is 12.5. The van der Waals surface area contributed by atoms with Crippen LogP contribution in [0.3, 0.4) is 0 Å². The molecular weight excluding hydrogens is 374 g/mol. The number of nitrogens with one attached hydrogen (secondary N) is 2. The highest BCUT2D eigenvalue weighted by atomic mass is 32.2. The normalized spacial score (nSPS) is 21.3. The molecule has 9 heteroatoms. The first-order valence-corrected chi connectivity index (χ1v) is 10.5. The van der Waals surface area contributed by atoms with Crippen molar-refractivity contribution in [2.24, 2.45) is 5.92 Å². The molecule has 3 amide bonds. The summed E-state index contributed by atoms with van der Waals surface area (Å²) in [5.74, 6) is 0.574. The summed E-state index contributed by atoms with van der Waals surface area (Å²) in [5.41, 5.74) is 1.52. The van der Waals surface area contributed by atoms with E-state index in [0.29, 0.717) is 12.0 Å². The van der Waals surface area contributed by atoms with Crippen molar-refractivity contribution < 1.29 is 19.1 Å². The lowest BCUT2D eigenvalue weighted by atomic mass is 10.1. The molecule has 2 aliphatic rings. The maximum absolute atomic E-state index is 12.5. The fraction of sp³-hybridized carbons (Fsp3) is 0.529. The van der Waals surface area contributed by atoms with Crippen molar-refractivity contribution in [1.29, 1.82) is 0 Å². The van der Waals surface area contributed by atoms with E-state index in [9.17, 15) is 14.4 Å². The number of nitrogens with zero attached hydrogens (tertiary/aromatic N) is 1. The summed E-state index contributed by atoms with van der Waals surface area (Å²) < 4.78 is 4.93. The van der Waals surface area contributed by atoms with Crippen LogP contribution in [-0.2, 0) is 16.0 Å². The molecule has 1 fully saturated rings. The van der Waals surface area contributed by atoms with Gasteiger partial charge in [-0.2, -0.15) is 0 Å². The molecule has 3 heterocycles. The Balaban J connectivity index is 1.60. The van der Waals surface area contributed by atoms with Gasteiger partial charge in [-0.3, -0.25) is 19.9 Å². The number of ether oxygens (including phenoxy) is 1. The molecule has 0 spiro atoms. The van der Waals surface area contributed by atoms with E-state index in [2.05, 4.69) is 15.6 Å². The van der Waals surface area contributed by atoms with Gasteiger partial charge in [-0.15, -0.1) is 23.5 Å². The second-order valence-corrected chi connectivity index (χ2v) is 8.76. The van der Waals surface area contributed by atoms with Crippen molar-refractivity contribution in [2.45, 2.75) is 43.1 Å². The zero-order chi connectivity index (χ0) is 18.7. The van der Waals surface area contributed by atoms with E-state index in [0.717, 1.165) is 28.5 Å². The molecule has 2 atom stereocenters. The Hall–Kier alpha value is -1.74. The number of pyridine rings is 1. The first-order valence-electron chi connectivity index (χ1n) is 8.49. The lowest BCUT2D eigenvalue weighted by Crippen LogP contribution is -2.44. The van der Waals surface area contributed by atoms with E-state index in [1.807, 2.05) is 6.07 Å². The number of rotatable bonds is 4. The number of amides is 3. The van der Waals surface area contributed by atoms with Crippen molar-refractivity contribution in [3.05, 3.63) is 23.5 Å². The molecule has 0 bridgehead atoms. The molecule has 1 saturated heterocycles. The van der Waals surface area contributed by atoms with Crippen LogP contribution in [0.25, 0.3) is 0 Å². The first-order chi connectivity index (χ1) is 12.4. The van der Waals surface area contributed by atoms with Crippen LogP contribution >= 0.6 is 23.5 Å². The van der Waals surface area contributed by atoms with E-state index >= 15 is 0 Å². The summed E-state index contributed by atoms with van der Waals surface area (Å²) in [6.45, 7) is 3.42. The highest BCUT2D eigenvalue weighted by Crippen LogP contribution is 2.32. The van der Waals surface area contributed by atoms with Gasteiger partial charge >= 0.3 is 6.09 Å². The number of hydrogen-bond donors (Lipinski definition) is 2. The van der Waals surface area contributed by atoms with Crippen LogP contribution in [0.1, 0.15) is 36.3 Å². The molecule has 2 N–H and O–H groups in total. The number of aromatic nitrogens is 1. The fourth-order valence-electron chi connectivity index (χ4n) is 2.82. The number of hydrogen-bond acceptors (Lipinski definition) is 7. The summed E-state index contributed by atoms with van der Waals surface area (Å²) in [6.07, 6.45) is 2.03. The van der Waals surface area contributed by atoms with Crippen LogP contribution in [0.4, 0.5) is 4.79 Å². The number of alkyl carbamates (subject to hydrolysis) is 1. The van der Waals surface area contributed by atoms with Gasteiger partial charge in [0.1, 0.15) is 0 Å². The lowest BCUT2D eigenvalue weighted by Gasteiger charge is -2.19. The summed E-state index contributed by atoms with van der Waals surface area (Å²) in [6, 6.07) is 1.85. The Morgan fingerprint density at radius 3 is 2.88 bits per heavy atom. The third kappa shape index (κ3) is 4.50. The Labute approximate surface area is 160 Å². The summed E-state index contributed by atoms with van der Waals surface area (Å²) >= 11 is 3.19. The Kier molecular flexibility index (Phi) is 6.08. The third-order valence-corrected chi connectivity index (χ3v) is 6.41. The van der Waals surface area contributed by atoms with Crippen LogP contribution < -0.4 is 10.6 Å². The molecule has 1 aromatic rings. The van der Waals surface area contributed by atoms with Crippen LogP contribution in [0.5, 0.6) is 0 Å². The number of carbonyl (C=O) groups excluding carboxylic acids is 3. The maximum Gasteiger partial charge on any atom is 0.414 e. The minimum absolute atomic E-state index is 0.255. The smallest absolute Gasteiger partial charge is 0.414 e. The SMILES string of the molecule is CC(C)OC(=O)NC(=O)C1CCSC1NC(=O)c1cnc2c(c1)SCC2. The molecule has 2 unspecified atom stereocenters. The van der Waals surface area contributed by atoms with Crippen molar-refractivity contribution in [2.75, 3.05) is 11.5 Å². The Morgan fingerprint density at radius 2 is 2.12 bits per heavy atom. The second-order valence-electron chi connectivity index (χ2n) is 6.37. The van der Waals surface area contributed by atoms with Crippen LogP contribution in [-0.4, -0.2) is 45.9 Å². The predicted molar refractivity (Wildman–Crippen MR) is 100 cm³/mol. The fourth-order valence-corrected chi connectivity index (χ4v) is 5.19. The summed E-state index contributed by atoms with van der Waals surface area (Å²) in [7, 11) is 0. The monoisotopic (exact) mass is 395 g/mol. The van der Waals surface area contributed by atoms with Gasteiger partial charge < -0.3 is 10.1 Å². The number of carbonyl (C=O) groups is 3. The van der Waals surface area contributed by atoms with E-state index < -0.39 is 17.9 Å². The number of fused-ring (bicyclic) bond motifs is 1. The molecule has 0 aliphatic carbocycles. The lowest BCUT2D eigenvalue weighted by molar-refractivity contribution is -0.124. The minimum Gasteiger partial charge on any atom is -0.447 e. The van der Waals surface area contributed by atoms with Gasteiger partial charge in [0.15, 0.2) is 0 Å². The van der Waals surface area contributed by atoms with E-state index in [4.69, 9.17) is 4.74 Å². The number of imide groups is 1. The predicted octanol–water partition coefficient (Wildman–Crippen LogP) is 2.20. The van der Waals surface area contributed by atoms with Gasteiger partial charge in [-0.25, -0.2) is 4.79 Å². The van der Waals surface area contributed by atoms with Gasteiger partial charge in [-0.05, 0) is 32.1 Å². The molecule has 0 radical (unpaired) electrons. The topological polar surface area (TPSA) is 97.4 Å². The average molecular weight is 396 g/mol. The van der Waals surface area contributed by atoms with Crippen LogP contribution in [0.15, 0.2) is 17.2 Å². The highest BCUT2D eigenvalue weighted by Gasteiger charge is 2.36.